The molecule has 0 atom stereocenters. The summed E-state index contributed by atoms with van der Waals surface area (Å²) in [6.07, 6.45) is 0. The number of hydrogen-bond donors (Lipinski definition) is 0. The third-order valence-electron chi connectivity index (χ3n) is 4.10. The number of hydrogen-bond acceptors (Lipinski definition) is 5. The summed E-state index contributed by atoms with van der Waals surface area (Å²) < 4.78 is 32.1. The SMILES string of the molecule is Cc1ccc(S(=O)(=O)N2CCN(Cc3cc(C)on3)CC2)c(Cl)c1. The first kappa shape index (κ1) is 17.4. The van der Waals surface area contributed by atoms with Crippen LogP contribution in [0.2, 0.25) is 5.02 Å². The summed E-state index contributed by atoms with van der Waals surface area (Å²) in [7, 11) is -3.56. The fourth-order valence-electron chi connectivity index (χ4n) is 2.80. The molecule has 2 heterocycles. The fraction of sp³-hybridized carbons (Fsp3) is 0.438. The highest BCUT2D eigenvalue weighted by Gasteiger charge is 2.30. The first-order valence-corrected chi connectivity index (χ1v) is 9.59. The van der Waals surface area contributed by atoms with E-state index in [-0.39, 0.29) is 9.92 Å². The predicted molar refractivity (Wildman–Crippen MR) is 91.5 cm³/mol. The van der Waals surface area contributed by atoms with E-state index in [1.807, 2.05) is 19.9 Å². The van der Waals surface area contributed by atoms with Crippen molar-refractivity contribution < 1.29 is 12.9 Å². The molecule has 1 aliphatic heterocycles. The van der Waals surface area contributed by atoms with Crippen LogP contribution in [-0.4, -0.2) is 49.0 Å². The summed E-state index contributed by atoms with van der Waals surface area (Å²) in [5.74, 6) is 0.778. The van der Waals surface area contributed by atoms with Crippen molar-refractivity contribution >= 4 is 21.6 Å². The van der Waals surface area contributed by atoms with Crippen LogP contribution in [0.5, 0.6) is 0 Å². The van der Waals surface area contributed by atoms with Crippen LogP contribution in [0.4, 0.5) is 0 Å². The van der Waals surface area contributed by atoms with Gasteiger partial charge in [-0.25, -0.2) is 8.42 Å². The zero-order valence-corrected chi connectivity index (χ0v) is 15.3. The van der Waals surface area contributed by atoms with Gasteiger partial charge in [0, 0.05) is 38.8 Å². The Kier molecular flexibility index (Phi) is 4.96. The highest BCUT2D eigenvalue weighted by atomic mass is 35.5. The van der Waals surface area contributed by atoms with E-state index in [4.69, 9.17) is 16.1 Å². The molecule has 0 aliphatic carbocycles. The van der Waals surface area contributed by atoms with Gasteiger partial charge in [-0.05, 0) is 31.5 Å². The second-order valence-corrected chi connectivity index (χ2v) is 8.36. The van der Waals surface area contributed by atoms with Gasteiger partial charge in [-0.15, -0.1) is 0 Å². The number of sulfonamides is 1. The lowest BCUT2D eigenvalue weighted by molar-refractivity contribution is 0.177. The zero-order chi connectivity index (χ0) is 17.3. The zero-order valence-electron chi connectivity index (χ0n) is 13.7. The Bertz CT molecular complexity index is 827. The molecule has 0 bridgehead atoms. The van der Waals surface area contributed by atoms with E-state index in [1.165, 1.54) is 4.31 Å². The summed E-state index contributed by atoms with van der Waals surface area (Å²) in [4.78, 5) is 2.34. The van der Waals surface area contributed by atoms with Crippen molar-refractivity contribution in [3.63, 3.8) is 0 Å². The number of piperazine rings is 1. The maximum absolute atomic E-state index is 12.8. The van der Waals surface area contributed by atoms with Crippen LogP contribution in [0.1, 0.15) is 17.0 Å². The first-order chi connectivity index (χ1) is 11.4. The van der Waals surface area contributed by atoms with Crippen molar-refractivity contribution in [1.29, 1.82) is 0 Å². The van der Waals surface area contributed by atoms with Gasteiger partial charge in [-0.1, -0.05) is 22.8 Å². The third-order valence-corrected chi connectivity index (χ3v) is 6.48. The van der Waals surface area contributed by atoms with Crippen molar-refractivity contribution in [2.75, 3.05) is 26.2 Å². The number of nitrogens with zero attached hydrogens (tertiary/aromatic N) is 3. The summed E-state index contributed by atoms with van der Waals surface area (Å²) in [6.45, 7) is 6.56. The van der Waals surface area contributed by atoms with Crippen LogP contribution in [0.25, 0.3) is 0 Å². The van der Waals surface area contributed by atoms with Gasteiger partial charge in [0.25, 0.3) is 0 Å². The Morgan fingerprint density at radius 1 is 1.17 bits per heavy atom. The van der Waals surface area contributed by atoms with Gasteiger partial charge in [-0.2, -0.15) is 4.31 Å². The maximum Gasteiger partial charge on any atom is 0.244 e. The molecule has 1 aromatic carbocycles. The van der Waals surface area contributed by atoms with Crippen molar-refractivity contribution in [3.05, 3.63) is 46.3 Å². The first-order valence-electron chi connectivity index (χ1n) is 7.77. The molecule has 0 amide bonds. The molecule has 0 radical (unpaired) electrons. The summed E-state index contributed by atoms with van der Waals surface area (Å²) >= 11 is 6.14. The number of aryl methyl sites for hydroxylation is 2. The van der Waals surface area contributed by atoms with Crippen LogP contribution in [-0.2, 0) is 16.6 Å². The smallest absolute Gasteiger partial charge is 0.244 e. The normalized spacial score (nSPS) is 17.3. The van der Waals surface area contributed by atoms with E-state index in [0.717, 1.165) is 17.0 Å². The molecule has 0 N–H and O–H groups in total. The molecular formula is C16H20ClN3O3S. The molecule has 2 aromatic rings. The van der Waals surface area contributed by atoms with Gasteiger partial charge >= 0.3 is 0 Å². The second kappa shape index (κ2) is 6.84. The Labute approximate surface area is 147 Å². The quantitative estimate of drug-likeness (QED) is 0.828. The standard InChI is InChI=1S/C16H20ClN3O3S/c1-12-3-4-16(15(17)9-12)24(21,22)20-7-5-19(6-8-20)11-14-10-13(2)23-18-14/h3-4,9-10H,5-8,11H2,1-2H3. The average molecular weight is 370 g/mol. The largest absolute Gasteiger partial charge is 0.361 e. The monoisotopic (exact) mass is 369 g/mol. The highest BCUT2D eigenvalue weighted by molar-refractivity contribution is 7.89. The van der Waals surface area contributed by atoms with Crippen molar-refractivity contribution in [1.82, 2.24) is 14.4 Å². The third kappa shape index (κ3) is 3.64. The molecule has 1 saturated heterocycles. The lowest BCUT2D eigenvalue weighted by Crippen LogP contribution is -2.48. The van der Waals surface area contributed by atoms with E-state index in [1.54, 1.807) is 18.2 Å². The molecule has 130 valence electrons. The molecule has 1 fully saturated rings. The number of rotatable bonds is 4. The molecule has 1 aliphatic rings. The van der Waals surface area contributed by atoms with E-state index in [2.05, 4.69) is 10.1 Å². The Balaban J connectivity index is 1.67. The molecule has 6 nitrogen and oxygen atoms in total. The van der Waals surface area contributed by atoms with E-state index >= 15 is 0 Å². The summed E-state index contributed by atoms with van der Waals surface area (Å²) in [5.41, 5.74) is 1.80. The number of halogens is 1. The minimum Gasteiger partial charge on any atom is -0.361 e. The Hall–Kier alpha value is -1.41. The highest BCUT2D eigenvalue weighted by Crippen LogP contribution is 2.26. The van der Waals surface area contributed by atoms with Crippen molar-refractivity contribution in [3.8, 4) is 0 Å². The van der Waals surface area contributed by atoms with Crippen LogP contribution in [0, 0.1) is 13.8 Å². The second-order valence-electron chi connectivity index (χ2n) is 6.04. The van der Waals surface area contributed by atoms with Gasteiger partial charge in [0.2, 0.25) is 10.0 Å². The lowest BCUT2D eigenvalue weighted by atomic mass is 10.2. The minimum atomic E-state index is -3.56. The van der Waals surface area contributed by atoms with Gasteiger partial charge in [0.05, 0.1) is 10.7 Å². The number of aromatic nitrogens is 1. The molecular weight excluding hydrogens is 350 g/mol. The number of benzene rings is 1. The summed E-state index contributed by atoms with van der Waals surface area (Å²) in [5, 5.41) is 4.25. The minimum absolute atomic E-state index is 0.176. The van der Waals surface area contributed by atoms with Crippen LogP contribution < -0.4 is 0 Å². The van der Waals surface area contributed by atoms with Gasteiger partial charge in [0.1, 0.15) is 10.7 Å². The van der Waals surface area contributed by atoms with Crippen LogP contribution >= 0.6 is 11.6 Å². The topological polar surface area (TPSA) is 66.7 Å². The van der Waals surface area contributed by atoms with Gasteiger partial charge in [0.15, 0.2) is 0 Å². The van der Waals surface area contributed by atoms with Crippen molar-refractivity contribution in [2.45, 2.75) is 25.3 Å². The van der Waals surface area contributed by atoms with E-state index < -0.39 is 10.0 Å². The molecule has 1 aromatic heterocycles. The van der Waals surface area contributed by atoms with Gasteiger partial charge in [-0.3, -0.25) is 4.90 Å². The van der Waals surface area contributed by atoms with Crippen LogP contribution in [0.15, 0.2) is 33.7 Å². The molecule has 24 heavy (non-hydrogen) atoms. The molecule has 0 spiro atoms. The predicted octanol–water partition coefficient (Wildman–Crippen LogP) is 2.45. The molecule has 3 rings (SSSR count). The molecule has 0 saturated carbocycles. The summed E-state index contributed by atoms with van der Waals surface area (Å²) in [6, 6.07) is 6.92. The van der Waals surface area contributed by atoms with Gasteiger partial charge < -0.3 is 4.52 Å². The lowest BCUT2D eigenvalue weighted by Gasteiger charge is -2.33. The molecule has 0 unspecified atom stereocenters. The Morgan fingerprint density at radius 2 is 1.88 bits per heavy atom. The Morgan fingerprint density at radius 3 is 2.46 bits per heavy atom. The van der Waals surface area contributed by atoms with E-state index in [0.29, 0.717) is 32.7 Å². The van der Waals surface area contributed by atoms with Crippen molar-refractivity contribution in [2.24, 2.45) is 0 Å². The van der Waals surface area contributed by atoms with Crippen LogP contribution in [0.3, 0.4) is 0 Å². The maximum atomic E-state index is 12.8. The van der Waals surface area contributed by atoms with E-state index in [9.17, 15) is 8.42 Å². The average Bonchev–Trinajstić information content (AvgIpc) is 2.92. The fourth-order valence-corrected chi connectivity index (χ4v) is 4.80. The molecule has 8 heteroatoms.